The Labute approximate surface area is 127 Å². The van der Waals surface area contributed by atoms with E-state index in [4.69, 9.17) is 9.84 Å². The van der Waals surface area contributed by atoms with E-state index in [9.17, 15) is 0 Å². The Bertz CT molecular complexity index is 373. The Morgan fingerprint density at radius 2 is 2.20 bits per heavy atom. The highest BCUT2D eigenvalue weighted by atomic mass is 32.2. The van der Waals surface area contributed by atoms with Crippen LogP contribution in [0.1, 0.15) is 38.3 Å². The number of ether oxygens (including phenoxy) is 1. The first kappa shape index (κ1) is 17.3. The first-order valence-corrected chi connectivity index (χ1v) is 8.35. The van der Waals surface area contributed by atoms with Crippen LogP contribution in [0.4, 0.5) is 0 Å². The Morgan fingerprint density at radius 3 is 2.85 bits per heavy atom. The van der Waals surface area contributed by atoms with Crippen LogP contribution in [0.25, 0.3) is 0 Å². The lowest BCUT2D eigenvalue weighted by atomic mass is 10.1. The molecular formula is C16H27NO2S. The molecule has 1 aromatic rings. The van der Waals surface area contributed by atoms with Gasteiger partial charge in [0, 0.05) is 23.7 Å². The van der Waals surface area contributed by atoms with Crippen LogP contribution in [0.15, 0.2) is 24.3 Å². The molecule has 0 aliphatic heterocycles. The minimum Gasteiger partial charge on any atom is -0.497 e. The summed E-state index contributed by atoms with van der Waals surface area (Å²) in [5.41, 5.74) is 1.27. The number of hydrogen-bond donors (Lipinski definition) is 2. The monoisotopic (exact) mass is 297 g/mol. The number of benzene rings is 1. The molecule has 0 spiro atoms. The summed E-state index contributed by atoms with van der Waals surface area (Å²) in [6.45, 7) is 5.62. The summed E-state index contributed by atoms with van der Waals surface area (Å²) in [6.07, 6.45) is 1.97. The van der Waals surface area contributed by atoms with Gasteiger partial charge in [-0.25, -0.2) is 0 Å². The van der Waals surface area contributed by atoms with Gasteiger partial charge < -0.3 is 15.2 Å². The zero-order chi connectivity index (χ0) is 14.8. The molecule has 0 aliphatic carbocycles. The maximum Gasteiger partial charge on any atom is 0.119 e. The van der Waals surface area contributed by atoms with Gasteiger partial charge in [0.05, 0.1) is 7.11 Å². The van der Waals surface area contributed by atoms with Crippen molar-refractivity contribution in [2.75, 3.05) is 26.0 Å². The lowest BCUT2D eigenvalue weighted by Gasteiger charge is -2.21. The molecule has 0 aromatic heterocycles. The molecule has 20 heavy (non-hydrogen) atoms. The number of rotatable bonds is 10. The molecule has 0 saturated carbocycles. The molecule has 1 rings (SSSR count). The molecule has 114 valence electrons. The molecule has 2 atom stereocenters. The highest BCUT2D eigenvalue weighted by molar-refractivity contribution is 7.99. The normalized spacial score (nSPS) is 14.0. The molecule has 0 radical (unpaired) electrons. The topological polar surface area (TPSA) is 41.5 Å². The molecule has 2 unspecified atom stereocenters. The highest BCUT2D eigenvalue weighted by Gasteiger charge is 2.13. The predicted molar refractivity (Wildman–Crippen MR) is 87.7 cm³/mol. The van der Waals surface area contributed by atoms with Gasteiger partial charge in [-0.3, -0.25) is 0 Å². The van der Waals surface area contributed by atoms with Gasteiger partial charge in [0.2, 0.25) is 0 Å². The fraction of sp³-hybridized carbons (Fsp3) is 0.625. The van der Waals surface area contributed by atoms with Crippen LogP contribution in [-0.4, -0.2) is 36.4 Å². The second-order valence-electron chi connectivity index (χ2n) is 4.94. The van der Waals surface area contributed by atoms with Gasteiger partial charge in [0.15, 0.2) is 0 Å². The number of hydrogen-bond acceptors (Lipinski definition) is 4. The second-order valence-corrected chi connectivity index (χ2v) is 6.41. The predicted octanol–water partition coefficient (Wildman–Crippen LogP) is 3.24. The van der Waals surface area contributed by atoms with E-state index in [2.05, 4.69) is 31.3 Å². The largest absolute Gasteiger partial charge is 0.497 e. The van der Waals surface area contributed by atoms with Gasteiger partial charge in [-0.2, -0.15) is 11.8 Å². The Morgan fingerprint density at radius 1 is 1.40 bits per heavy atom. The number of aliphatic hydroxyl groups excluding tert-OH is 1. The molecule has 0 fully saturated rings. The van der Waals surface area contributed by atoms with Gasteiger partial charge in [0.25, 0.3) is 0 Å². The van der Waals surface area contributed by atoms with Crippen molar-refractivity contribution in [3.8, 4) is 5.75 Å². The van der Waals surface area contributed by atoms with Crippen LogP contribution < -0.4 is 10.1 Å². The van der Waals surface area contributed by atoms with E-state index >= 15 is 0 Å². The Balaban J connectivity index is 2.66. The van der Waals surface area contributed by atoms with E-state index in [0.717, 1.165) is 30.9 Å². The SMILES string of the molecule is CCCNC(CSC(C)CCO)c1cccc(OC)c1. The quantitative estimate of drug-likeness (QED) is 0.695. The molecule has 4 heteroatoms. The summed E-state index contributed by atoms with van der Waals surface area (Å²) < 4.78 is 5.31. The van der Waals surface area contributed by atoms with E-state index in [1.807, 2.05) is 23.9 Å². The second kappa shape index (κ2) is 10.1. The van der Waals surface area contributed by atoms with Gasteiger partial charge in [-0.15, -0.1) is 0 Å². The lowest BCUT2D eigenvalue weighted by Crippen LogP contribution is -2.25. The van der Waals surface area contributed by atoms with Crippen molar-refractivity contribution in [3.63, 3.8) is 0 Å². The molecule has 0 aliphatic rings. The van der Waals surface area contributed by atoms with Crippen LogP contribution in [0, 0.1) is 0 Å². The maximum atomic E-state index is 8.98. The minimum atomic E-state index is 0.264. The average molecular weight is 297 g/mol. The van der Waals surface area contributed by atoms with Crippen molar-refractivity contribution in [1.82, 2.24) is 5.32 Å². The van der Waals surface area contributed by atoms with E-state index in [1.165, 1.54) is 5.56 Å². The standard InChI is InChI=1S/C16H27NO2S/c1-4-9-17-16(12-20-13(2)8-10-18)14-6-5-7-15(11-14)19-3/h5-7,11,13,16-18H,4,8-10,12H2,1-3H3. The van der Waals surface area contributed by atoms with Crippen LogP contribution in [0.3, 0.4) is 0 Å². The number of methoxy groups -OCH3 is 1. The molecule has 0 bridgehead atoms. The van der Waals surface area contributed by atoms with E-state index in [-0.39, 0.29) is 6.61 Å². The lowest BCUT2D eigenvalue weighted by molar-refractivity contribution is 0.289. The Kier molecular flexibility index (Phi) is 8.74. The number of aliphatic hydroxyl groups is 1. The maximum absolute atomic E-state index is 8.98. The summed E-state index contributed by atoms with van der Waals surface area (Å²) in [4.78, 5) is 0. The van der Waals surface area contributed by atoms with Crippen molar-refractivity contribution in [3.05, 3.63) is 29.8 Å². The summed E-state index contributed by atoms with van der Waals surface area (Å²) in [6, 6.07) is 8.59. The Hall–Kier alpha value is -0.710. The smallest absolute Gasteiger partial charge is 0.119 e. The molecule has 2 N–H and O–H groups in total. The van der Waals surface area contributed by atoms with E-state index in [0.29, 0.717) is 11.3 Å². The van der Waals surface area contributed by atoms with Crippen molar-refractivity contribution in [2.24, 2.45) is 0 Å². The number of nitrogens with one attached hydrogen (secondary N) is 1. The minimum absolute atomic E-state index is 0.264. The van der Waals surface area contributed by atoms with Gasteiger partial charge in [-0.1, -0.05) is 26.0 Å². The van der Waals surface area contributed by atoms with E-state index < -0.39 is 0 Å². The summed E-state index contributed by atoms with van der Waals surface area (Å²) in [7, 11) is 1.70. The summed E-state index contributed by atoms with van der Waals surface area (Å²) in [5, 5.41) is 13.1. The van der Waals surface area contributed by atoms with Crippen molar-refractivity contribution < 1.29 is 9.84 Å². The highest BCUT2D eigenvalue weighted by Crippen LogP contribution is 2.25. The molecule has 3 nitrogen and oxygen atoms in total. The first-order valence-electron chi connectivity index (χ1n) is 7.31. The summed E-state index contributed by atoms with van der Waals surface area (Å²) >= 11 is 1.90. The van der Waals surface area contributed by atoms with Crippen molar-refractivity contribution >= 4 is 11.8 Å². The van der Waals surface area contributed by atoms with E-state index in [1.54, 1.807) is 7.11 Å². The molecule has 0 saturated heterocycles. The average Bonchev–Trinajstić information content (AvgIpc) is 2.47. The van der Waals surface area contributed by atoms with Crippen LogP contribution in [0.5, 0.6) is 5.75 Å². The van der Waals surface area contributed by atoms with Crippen molar-refractivity contribution in [1.29, 1.82) is 0 Å². The van der Waals surface area contributed by atoms with Crippen molar-refractivity contribution in [2.45, 2.75) is 38.0 Å². The van der Waals surface area contributed by atoms with Gasteiger partial charge >= 0.3 is 0 Å². The fourth-order valence-electron chi connectivity index (χ4n) is 1.98. The molecule has 0 amide bonds. The third-order valence-electron chi connectivity index (χ3n) is 3.22. The third kappa shape index (κ3) is 6.16. The van der Waals surface area contributed by atoms with Crippen LogP contribution in [-0.2, 0) is 0 Å². The third-order valence-corrected chi connectivity index (χ3v) is 4.55. The first-order chi connectivity index (χ1) is 9.71. The molecular weight excluding hydrogens is 270 g/mol. The fourth-order valence-corrected chi connectivity index (χ4v) is 3.08. The number of thioether (sulfide) groups is 1. The van der Waals surface area contributed by atoms with Gasteiger partial charge in [0.1, 0.15) is 5.75 Å². The zero-order valence-corrected chi connectivity index (χ0v) is 13.6. The summed E-state index contributed by atoms with van der Waals surface area (Å²) in [5.74, 6) is 1.91. The van der Waals surface area contributed by atoms with Crippen LogP contribution >= 0.6 is 11.8 Å². The van der Waals surface area contributed by atoms with Crippen LogP contribution in [0.2, 0.25) is 0 Å². The molecule has 0 heterocycles. The van der Waals surface area contributed by atoms with Gasteiger partial charge in [-0.05, 0) is 37.1 Å². The zero-order valence-electron chi connectivity index (χ0n) is 12.8. The molecule has 1 aromatic carbocycles.